The van der Waals surface area contributed by atoms with Crippen LogP contribution in [0.3, 0.4) is 0 Å². The molecular formula is C43H34N2. The molecule has 2 nitrogen and oxygen atoms in total. The Balaban J connectivity index is 1.14. The average molecular weight is 579 g/mol. The van der Waals surface area contributed by atoms with Crippen molar-refractivity contribution in [2.45, 2.75) is 6.92 Å². The second-order valence-corrected chi connectivity index (χ2v) is 11.2. The highest BCUT2D eigenvalue weighted by molar-refractivity contribution is 5.89. The number of para-hydroxylation sites is 3. The van der Waals surface area contributed by atoms with Gasteiger partial charge in [0.05, 0.1) is 0 Å². The van der Waals surface area contributed by atoms with Crippen LogP contribution >= 0.6 is 0 Å². The summed E-state index contributed by atoms with van der Waals surface area (Å²) in [4.78, 5) is 4.63. The van der Waals surface area contributed by atoms with Crippen molar-refractivity contribution >= 4 is 57.0 Å². The van der Waals surface area contributed by atoms with E-state index in [9.17, 15) is 0 Å². The maximum atomic E-state index is 2.32. The van der Waals surface area contributed by atoms with Gasteiger partial charge in [0, 0.05) is 34.1 Å². The van der Waals surface area contributed by atoms with Crippen LogP contribution < -0.4 is 9.80 Å². The Bertz CT molecular complexity index is 2040. The van der Waals surface area contributed by atoms with Crippen LogP contribution in [0.2, 0.25) is 0 Å². The van der Waals surface area contributed by atoms with E-state index < -0.39 is 0 Å². The van der Waals surface area contributed by atoms with Crippen LogP contribution in [0.4, 0.5) is 34.1 Å². The van der Waals surface area contributed by atoms with Gasteiger partial charge in [-0.15, -0.1) is 0 Å². The summed E-state index contributed by atoms with van der Waals surface area (Å²) in [5.74, 6) is 0. The molecule has 7 rings (SSSR count). The smallest absolute Gasteiger partial charge is 0.0490 e. The summed E-state index contributed by atoms with van der Waals surface area (Å²) in [5.41, 5.74) is 10.4. The van der Waals surface area contributed by atoms with E-state index in [-0.39, 0.29) is 0 Å². The number of nitrogens with zero attached hydrogens (tertiary/aromatic N) is 2. The molecule has 0 saturated heterocycles. The second-order valence-electron chi connectivity index (χ2n) is 11.2. The molecule has 0 radical (unpaired) electrons. The molecule has 45 heavy (non-hydrogen) atoms. The van der Waals surface area contributed by atoms with Crippen molar-refractivity contribution in [2.24, 2.45) is 0 Å². The fourth-order valence-electron chi connectivity index (χ4n) is 5.82. The Morgan fingerprint density at radius 1 is 0.356 bits per heavy atom. The van der Waals surface area contributed by atoms with Crippen molar-refractivity contribution < 1.29 is 0 Å². The molecule has 0 unspecified atom stereocenters. The lowest BCUT2D eigenvalue weighted by molar-refractivity contribution is 1.25. The van der Waals surface area contributed by atoms with E-state index in [1.807, 2.05) is 0 Å². The summed E-state index contributed by atoms with van der Waals surface area (Å²) in [5, 5.41) is 2.47. The Kier molecular flexibility index (Phi) is 7.94. The Morgan fingerprint density at radius 3 is 1.40 bits per heavy atom. The zero-order chi connectivity index (χ0) is 30.4. The zero-order valence-electron chi connectivity index (χ0n) is 25.3. The molecule has 0 N–H and O–H groups in total. The van der Waals surface area contributed by atoms with Crippen LogP contribution in [-0.2, 0) is 0 Å². The van der Waals surface area contributed by atoms with Gasteiger partial charge in [0.15, 0.2) is 0 Å². The molecule has 0 amide bonds. The monoisotopic (exact) mass is 578 g/mol. The molecule has 0 saturated carbocycles. The third-order valence-electron chi connectivity index (χ3n) is 8.15. The summed E-state index contributed by atoms with van der Waals surface area (Å²) >= 11 is 0. The quantitative estimate of drug-likeness (QED) is 0.166. The van der Waals surface area contributed by atoms with Crippen molar-refractivity contribution in [3.05, 3.63) is 193 Å². The number of anilines is 6. The summed E-state index contributed by atoms with van der Waals surface area (Å²) in [6.45, 7) is 2.16. The van der Waals surface area contributed by atoms with Crippen molar-refractivity contribution in [1.29, 1.82) is 0 Å². The highest BCUT2D eigenvalue weighted by atomic mass is 15.1. The first-order valence-corrected chi connectivity index (χ1v) is 15.4. The summed E-state index contributed by atoms with van der Waals surface area (Å²) in [6, 6.07) is 62.3. The van der Waals surface area contributed by atoms with Gasteiger partial charge in [-0.05, 0) is 101 Å². The topological polar surface area (TPSA) is 6.48 Å². The van der Waals surface area contributed by atoms with Gasteiger partial charge in [0.25, 0.3) is 0 Å². The lowest BCUT2D eigenvalue weighted by atomic mass is 10.1. The summed E-state index contributed by atoms with van der Waals surface area (Å²) in [6.07, 6.45) is 4.36. The molecular weight excluding hydrogens is 544 g/mol. The molecule has 0 aliphatic carbocycles. The minimum atomic E-state index is 1.12. The van der Waals surface area contributed by atoms with Crippen LogP contribution in [-0.4, -0.2) is 0 Å². The molecule has 216 valence electrons. The van der Waals surface area contributed by atoms with Gasteiger partial charge in [-0.1, -0.05) is 121 Å². The lowest BCUT2D eigenvalue weighted by Gasteiger charge is -2.27. The predicted molar refractivity (Wildman–Crippen MR) is 193 cm³/mol. The molecule has 2 heteroatoms. The van der Waals surface area contributed by atoms with E-state index in [4.69, 9.17) is 0 Å². The van der Waals surface area contributed by atoms with Crippen molar-refractivity contribution in [3.8, 4) is 0 Å². The van der Waals surface area contributed by atoms with Gasteiger partial charge < -0.3 is 9.80 Å². The third-order valence-corrected chi connectivity index (χ3v) is 8.15. The first kappa shape index (κ1) is 27.9. The fraction of sp³-hybridized carbons (Fsp3) is 0.0233. The van der Waals surface area contributed by atoms with Gasteiger partial charge in [-0.3, -0.25) is 0 Å². The fourth-order valence-corrected chi connectivity index (χ4v) is 5.82. The zero-order valence-corrected chi connectivity index (χ0v) is 25.3. The molecule has 0 aromatic heterocycles. The molecule has 0 atom stereocenters. The van der Waals surface area contributed by atoms with E-state index in [1.165, 1.54) is 22.0 Å². The van der Waals surface area contributed by atoms with Gasteiger partial charge in [-0.25, -0.2) is 0 Å². The van der Waals surface area contributed by atoms with Crippen LogP contribution in [0.15, 0.2) is 176 Å². The maximum Gasteiger partial charge on any atom is 0.0490 e. The molecule has 0 aliphatic heterocycles. The highest BCUT2D eigenvalue weighted by Crippen LogP contribution is 2.37. The van der Waals surface area contributed by atoms with Gasteiger partial charge >= 0.3 is 0 Å². The Morgan fingerprint density at radius 2 is 0.800 bits per heavy atom. The minimum Gasteiger partial charge on any atom is -0.310 e. The van der Waals surface area contributed by atoms with Gasteiger partial charge in [0.2, 0.25) is 0 Å². The van der Waals surface area contributed by atoms with Crippen LogP contribution in [0.25, 0.3) is 22.9 Å². The van der Waals surface area contributed by atoms with E-state index in [2.05, 4.69) is 205 Å². The van der Waals surface area contributed by atoms with Gasteiger partial charge in [0.1, 0.15) is 0 Å². The van der Waals surface area contributed by atoms with E-state index in [0.29, 0.717) is 0 Å². The van der Waals surface area contributed by atoms with Crippen LogP contribution in [0, 0.1) is 6.92 Å². The van der Waals surface area contributed by atoms with Crippen molar-refractivity contribution in [1.82, 2.24) is 0 Å². The number of hydrogen-bond donors (Lipinski definition) is 0. The van der Waals surface area contributed by atoms with E-state index in [0.717, 1.165) is 39.6 Å². The lowest BCUT2D eigenvalue weighted by Crippen LogP contribution is -2.11. The highest BCUT2D eigenvalue weighted by Gasteiger charge is 2.14. The number of rotatable bonds is 8. The van der Waals surface area contributed by atoms with Crippen molar-refractivity contribution in [2.75, 3.05) is 9.80 Å². The third kappa shape index (κ3) is 6.13. The summed E-state index contributed by atoms with van der Waals surface area (Å²) in [7, 11) is 0. The first-order valence-electron chi connectivity index (χ1n) is 15.4. The minimum absolute atomic E-state index is 1.12. The molecule has 0 heterocycles. The molecule has 0 bridgehead atoms. The molecule has 0 fully saturated rings. The van der Waals surface area contributed by atoms with Crippen LogP contribution in [0.5, 0.6) is 0 Å². The van der Waals surface area contributed by atoms with Crippen LogP contribution in [0.1, 0.15) is 16.7 Å². The molecule has 7 aromatic rings. The van der Waals surface area contributed by atoms with E-state index in [1.54, 1.807) is 0 Å². The normalized spacial score (nSPS) is 11.1. The molecule has 0 spiro atoms. The second kappa shape index (κ2) is 12.8. The first-order chi connectivity index (χ1) is 22.2. The Labute approximate surface area is 265 Å². The summed E-state index contributed by atoms with van der Waals surface area (Å²) < 4.78 is 0. The number of fused-ring (bicyclic) bond motifs is 1. The largest absolute Gasteiger partial charge is 0.310 e. The molecule has 7 aromatic carbocycles. The SMILES string of the molecule is Cc1ccccc1N(c1ccccc1)c1ccc(/C=C/c2ccc(N(c3ccccc3)c3ccc4ccccc4c3)cc2)cc1. The predicted octanol–water partition coefficient (Wildman–Crippen LogP) is 12.3. The number of aryl methyl sites for hydroxylation is 1. The number of benzene rings is 7. The van der Waals surface area contributed by atoms with Crippen molar-refractivity contribution in [3.63, 3.8) is 0 Å². The Hall–Kier alpha value is -5.86. The average Bonchev–Trinajstić information content (AvgIpc) is 3.10. The van der Waals surface area contributed by atoms with E-state index >= 15 is 0 Å². The molecule has 0 aliphatic rings. The standard InChI is InChI=1S/C43H34N2/c1-33-12-8-11-19-43(33)45(39-17-6-3-7-18-39)41-29-24-35(25-30-41)21-20-34-22-27-40(28-23-34)44(38-15-4-2-5-16-38)42-31-26-36-13-9-10-14-37(36)32-42/h2-32H,1H3/b21-20+. The maximum absolute atomic E-state index is 2.32. The van der Waals surface area contributed by atoms with Gasteiger partial charge in [-0.2, -0.15) is 0 Å². The number of hydrogen-bond acceptors (Lipinski definition) is 2.